The molecule has 0 saturated carbocycles. The topological polar surface area (TPSA) is 70.0 Å². The summed E-state index contributed by atoms with van der Waals surface area (Å²) < 4.78 is 5.21. The fraction of sp³-hybridized carbons (Fsp3) is 0.562. The van der Waals surface area contributed by atoms with Gasteiger partial charge in [-0.25, -0.2) is 0 Å². The van der Waals surface area contributed by atoms with Gasteiger partial charge < -0.3 is 14.9 Å². The molecule has 116 valence electrons. The monoisotopic (exact) mass is 293 g/mol. The molecule has 1 fully saturated rings. The number of methoxy groups -OCH3 is 1. The van der Waals surface area contributed by atoms with E-state index in [-0.39, 0.29) is 5.92 Å². The van der Waals surface area contributed by atoms with Crippen LogP contribution in [0.1, 0.15) is 30.1 Å². The van der Waals surface area contributed by atoms with Gasteiger partial charge in [0, 0.05) is 13.1 Å². The molecule has 1 heterocycles. The molecule has 1 aliphatic heterocycles. The Labute approximate surface area is 125 Å². The van der Waals surface area contributed by atoms with Gasteiger partial charge in [-0.1, -0.05) is 6.07 Å². The number of carboxylic acid groups (broad SMARTS) is 1. The quantitative estimate of drug-likeness (QED) is 0.867. The smallest absolute Gasteiger partial charge is 0.307 e. The lowest BCUT2D eigenvalue weighted by molar-refractivity contribution is -0.143. The van der Waals surface area contributed by atoms with E-state index in [0.717, 1.165) is 36.3 Å². The largest absolute Gasteiger partial charge is 0.496 e. The first-order valence-electron chi connectivity index (χ1n) is 7.29. The standard InChI is InChI=1S/C16H23NO4/c1-11-8-12(5-6-15(11)21-2)14(18)10-17-7-3-4-13(9-17)16(19)20/h5-6,8,13-14,18H,3-4,7,9-10H2,1-2H3,(H,19,20). The Bertz CT molecular complexity index is 503. The number of aliphatic hydroxyl groups excluding tert-OH is 1. The highest BCUT2D eigenvalue weighted by molar-refractivity contribution is 5.70. The second kappa shape index (κ2) is 6.91. The molecule has 21 heavy (non-hydrogen) atoms. The minimum Gasteiger partial charge on any atom is -0.496 e. The van der Waals surface area contributed by atoms with E-state index in [2.05, 4.69) is 0 Å². The number of aryl methyl sites for hydroxylation is 1. The van der Waals surface area contributed by atoms with Gasteiger partial charge in [-0.05, 0) is 49.6 Å². The van der Waals surface area contributed by atoms with E-state index in [9.17, 15) is 9.90 Å². The molecule has 0 amide bonds. The van der Waals surface area contributed by atoms with Gasteiger partial charge in [-0.15, -0.1) is 0 Å². The third-order valence-electron chi connectivity index (χ3n) is 4.09. The Morgan fingerprint density at radius 3 is 2.90 bits per heavy atom. The fourth-order valence-electron chi connectivity index (χ4n) is 2.88. The molecule has 1 aromatic carbocycles. The van der Waals surface area contributed by atoms with Gasteiger partial charge in [0.15, 0.2) is 0 Å². The predicted molar refractivity (Wildman–Crippen MR) is 79.5 cm³/mol. The summed E-state index contributed by atoms with van der Waals surface area (Å²) in [6.07, 6.45) is 0.983. The Morgan fingerprint density at radius 2 is 2.29 bits per heavy atom. The number of piperidine rings is 1. The second-order valence-electron chi connectivity index (χ2n) is 5.68. The van der Waals surface area contributed by atoms with E-state index in [0.29, 0.717) is 13.1 Å². The van der Waals surface area contributed by atoms with Crippen LogP contribution in [0.3, 0.4) is 0 Å². The third-order valence-corrected chi connectivity index (χ3v) is 4.09. The zero-order valence-corrected chi connectivity index (χ0v) is 12.6. The first kappa shape index (κ1) is 15.8. The molecule has 2 N–H and O–H groups in total. The number of benzene rings is 1. The number of carbonyl (C=O) groups is 1. The molecule has 2 atom stereocenters. The van der Waals surface area contributed by atoms with Crippen molar-refractivity contribution >= 4 is 5.97 Å². The van der Waals surface area contributed by atoms with E-state index in [1.165, 1.54) is 0 Å². The molecule has 0 aliphatic carbocycles. The molecule has 1 aromatic rings. The normalized spacial score (nSPS) is 21.0. The molecular formula is C16H23NO4. The molecule has 2 rings (SSSR count). The van der Waals surface area contributed by atoms with E-state index in [1.54, 1.807) is 7.11 Å². The number of hydrogen-bond acceptors (Lipinski definition) is 4. The van der Waals surface area contributed by atoms with Crippen LogP contribution in [-0.4, -0.2) is 47.8 Å². The first-order chi connectivity index (χ1) is 10.0. The molecule has 0 bridgehead atoms. The summed E-state index contributed by atoms with van der Waals surface area (Å²) in [5.74, 6) is -0.257. The second-order valence-corrected chi connectivity index (χ2v) is 5.68. The van der Waals surface area contributed by atoms with Gasteiger partial charge in [0.2, 0.25) is 0 Å². The zero-order valence-electron chi connectivity index (χ0n) is 12.6. The van der Waals surface area contributed by atoms with Crippen LogP contribution in [0.2, 0.25) is 0 Å². The molecule has 2 unspecified atom stereocenters. The summed E-state index contributed by atoms with van der Waals surface area (Å²) in [4.78, 5) is 13.1. The van der Waals surface area contributed by atoms with Gasteiger partial charge >= 0.3 is 5.97 Å². The van der Waals surface area contributed by atoms with Crippen molar-refractivity contribution in [2.24, 2.45) is 5.92 Å². The summed E-state index contributed by atoms with van der Waals surface area (Å²) in [5.41, 5.74) is 1.82. The number of aliphatic hydroxyl groups is 1. The number of nitrogens with zero attached hydrogens (tertiary/aromatic N) is 1. The van der Waals surface area contributed by atoms with E-state index in [1.807, 2.05) is 30.0 Å². The number of ether oxygens (including phenoxy) is 1. The number of β-amino-alcohol motifs (C(OH)–C–C–N with tert-alkyl or cyclic N) is 1. The number of rotatable bonds is 5. The van der Waals surface area contributed by atoms with Gasteiger partial charge in [0.25, 0.3) is 0 Å². The first-order valence-corrected chi connectivity index (χ1v) is 7.29. The third kappa shape index (κ3) is 3.95. The lowest BCUT2D eigenvalue weighted by Gasteiger charge is -2.32. The maximum absolute atomic E-state index is 11.1. The molecule has 0 radical (unpaired) electrons. The minimum absolute atomic E-state index is 0.316. The molecule has 5 heteroatoms. The van der Waals surface area contributed by atoms with Crippen LogP contribution in [0, 0.1) is 12.8 Å². The number of aliphatic carboxylic acids is 1. The van der Waals surface area contributed by atoms with E-state index < -0.39 is 12.1 Å². The summed E-state index contributed by atoms with van der Waals surface area (Å²) in [6.45, 7) is 3.77. The Balaban J connectivity index is 1.99. The molecular weight excluding hydrogens is 270 g/mol. The van der Waals surface area contributed by atoms with E-state index >= 15 is 0 Å². The Morgan fingerprint density at radius 1 is 1.52 bits per heavy atom. The van der Waals surface area contributed by atoms with E-state index in [4.69, 9.17) is 9.84 Å². The number of carboxylic acids is 1. The van der Waals surface area contributed by atoms with Crippen molar-refractivity contribution in [2.75, 3.05) is 26.7 Å². The summed E-state index contributed by atoms with van der Waals surface area (Å²) in [7, 11) is 1.62. The van der Waals surface area contributed by atoms with Crippen LogP contribution in [0.5, 0.6) is 5.75 Å². The highest BCUT2D eigenvalue weighted by Crippen LogP contribution is 2.24. The van der Waals surface area contributed by atoms with Crippen molar-refractivity contribution in [3.05, 3.63) is 29.3 Å². The number of hydrogen-bond donors (Lipinski definition) is 2. The van der Waals surface area contributed by atoms with Crippen molar-refractivity contribution in [2.45, 2.75) is 25.9 Å². The zero-order chi connectivity index (χ0) is 15.4. The molecule has 0 aromatic heterocycles. The van der Waals surface area contributed by atoms with Crippen molar-refractivity contribution in [1.29, 1.82) is 0 Å². The van der Waals surface area contributed by atoms with Gasteiger partial charge in [-0.2, -0.15) is 0 Å². The molecule has 1 aliphatic rings. The van der Waals surface area contributed by atoms with Crippen LogP contribution in [-0.2, 0) is 4.79 Å². The van der Waals surface area contributed by atoms with Crippen molar-refractivity contribution < 1.29 is 19.7 Å². The Hall–Kier alpha value is -1.59. The van der Waals surface area contributed by atoms with Crippen LogP contribution in [0.15, 0.2) is 18.2 Å². The molecule has 1 saturated heterocycles. The van der Waals surface area contributed by atoms with Gasteiger partial charge in [0.05, 0.1) is 19.1 Å². The minimum atomic E-state index is -0.741. The van der Waals surface area contributed by atoms with Gasteiger partial charge in [-0.3, -0.25) is 9.69 Å². The summed E-state index contributed by atoms with van der Waals surface area (Å²) in [6, 6.07) is 5.63. The molecule has 0 spiro atoms. The maximum Gasteiger partial charge on any atom is 0.307 e. The average molecular weight is 293 g/mol. The maximum atomic E-state index is 11.1. The van der Waals surface area contributed by atoms with Gasteiger partial charge in [0.1, 0.15) is 5.75 Å². The number of likely N-dealkylation sites (tertiary alicyclic amines) is 1. The van der Waals surface area contributed by atoms with Crippen LogP contribution >= 0.6 is 0 Å². The SMILES string of the molecule is COc1ccc(C(O)CN2CCCC(C(=O)O)C2)cc1C. The van der Waals surface area contributed by atoms with Crippen LogP contribution in [0.4, 0.5) is 0 Å². The lowest BCUT2D eigenvalue weighted by atomic mass is 9.97. The fourth-order valence-corrected chi connectivity index (χ4v) is 2.88. The van der Waals surface area contributed by atoms with Crippen molar-refractivity contribution in [1.82, 2.24) is 4.90 Å². The highest BCUT2D eigenvalue weighted by atomic mass is 16.5. The highest BCUT2D eigenvalue weighted by Gasteiger charge is 2.26. The molecule has 5 nitrogen and oxygen atoms in total. The average Bonchev–Trinajstić information content (AvgIpc) is 2.47. The lowest BCUT2D eigenvalue weighted by Crippen LogP contribution is -2.40. The summed E-state index contributed by atoms with van der Waals surface area (Å²) in [5, 5.41) is 19.5. The predicted octanol–water partition coefficient (Wildman–Crippen LogP) is 1.83. The Kier molecular flexibility index (Phi) is 5.20. The van der Waals surface area contributed by atoms with Crippen molar-refractivity contribution in [3.63, 3.8) is 0 Å². The van der Waals surface area contributed by atoms with Crippen LogP contribution < -0.4 is 4.74 Å². The summed E-state index contributed by atoms with van der Waals surface area (Å²) >= 11 is 0. The van der Waals surface area contributed by atoms with Crippen molar-refractivity contribution in [3.8, 4) is 5.75 Å². The van der Waals surface area contributed by atoms with Crippen LogP contribution in [0.25, 0.3) is 0 Å².